The van der Waals surface area contributed by atoms with Crippen LogP contribution in [0.1, 0.15) is 5.56 Å². The molecule has 0 radical (unpaired) electrons. The van der Waals surface area contributed by atoms with Gasteiger partial charge >= 0.3 is 0 Å². The van der Waals surface area contributed by atoms with Gasteiger partial charge in [-0.3, -0.25) is 5.43 Å². The second-order valence-corrected chi connectivity index (χ2v) is 5.31. The van der Waals surface area contributed by atoms with Crippen LogP contribution in [0, 0.1) is 0 Å². The van der Waals surface area contributed by atoms with Crippen molar-refractivity contribution in [2.24, 2.45) is 5.10 Å². The minimum absolute atomic E-state index is 0.356. The third-order valence-electron chi connectivity index (χ3n) is 2.97. The van der Waals surface area contributed by atoms with Crippen molar-refractivity contribution in [2.75, 3.05) is 27.4 Å². The molecule has 0 amide bonds. The molecule has 0 unspecified atom stereocenters. The second-order valence-electron chi connectivity index (χ2n) is 4.55. The van der Waals surface area contributed by atoms with E-state index in [-0.39, 0.29) is 0 Å². The Kier molecular flexibility index (Phi) is 6.52. The molecular formula is C15H17ClN4O2S. The van der Waals surface area contributed by atoms with Gasteiger partial charge in [0, 0.05) is 30.7 Å². The fraction of sp³-hybridized carbons (Fsp3) is 0.267. The SMILES string of the molecule is COCCNC(=S)N/N=C\c1cc2ccc(OC)cc2nc1Cl. The zero-order valence-corrected chi connectivity index (χ0v) is 14.4. The Labute approximate surface area is 144 Å². The van der Waals surface area contributed by atoms with Crippen molar-refractivity contribution < 1.29 is 9.47 Å². The van der Waals surface area contributed by atoms with Gasteiger partial charge in [0.15, 0.2) is 5.11 Å². The summed E-state index contributed by atoms with van der Waals surface area (Å²) in [4.78, 5) is 4.34. The molecule has 0 aliphatic carbocycles. The van der Waals surface area contributed by atoms with E-state index >= 15 is 0 Å². The highest BCUT2D eigenvalue weighted by Crippen LogP contribution is 2.23. The van der Waals surface area contributed by atoms with E-state index in [9.17, 15) is 0 Å². The average molecular weight is 353 g/mol. The first-order chi connectivity index (χ1) is 11.1. The number of benzene rings is 1. The summed E-state index contributed by atoms with van der Waals surface area (Å²) in [7, 11) is 3.24. The number of hydrogen-bond acceptors (Lipinski definition) is 5. The topological polar surface area (TPSA) is 67.8 Å². The molecule has 0 saturated carbocycles. The number of thiocarbonyl (C=S) groups is 1. The van der Waals surface area contributed by atoms with Crippen LogP contribution in [-0.4, -0.2) is 43.7 Å². The molecule has 1 aromatic heterocycles. The van der Waals surface area contributed by atoms with E-state index in [1.165, 1.54) is 0 Å². The number of rotatable bonds is 6. The summed E-state index contributed by atoms with van der Waals surface area (Å²) in [6.07, 6.45) is 1.57. The number of halogens is 1. The normalized spacial score (nSPS) is 10.9. The molecule has 1 aromatic carbocycles. The Balaban J connectivity index is 2.06. The fourth-order valence-corrected chi connectivity index (χ4v) is 2.17. The molecule has 122 valence electrons. The zero-order valence-electron chi connectivity index (χ0n) is 12.8. The van der Waals surface area contributed by atoms with E-state index < -0.39 is 0 Å². The molecule has 8 heteroatoms. The predicted octanol–water partition coefficient (Wildman–Crippen LogP) is 2.34. The maximum absolute atomic E-state index is 6.18. The Morgan fingerprint density at radius 3 is 2.96 bits per heavy atom. The number of nitrogens with one attached hydrogen (secondary N) is 2. The van der Waals surface area contributed by atoms with Crippen molar-refractivity contribution in [3.05, 3.63) is 35.0 Å². The predicted molar refractivity (Wildman–Crippen MR) is 96.5 cm³/mol. The van der Waals surface area contributed by atoms with Crippen LogP contribution in [-0.2, 0) is 4.74 Å². The quantitative estimate of drug-likeness (QED) is 0.273. The van der Waals surface area contributed by atoms with Crippen LogP contribution in [0.25, 0.3) is 10.9 Å². The maximum Gasteiger partial charge on any atom is 0.187 e. The number of hydrazone groups is 1. The van der Waals surface area contributed by atoms with Gasteiger partial charge < -0.3 is 14.8 Å². The molecule has 23 heavy (non-hydrogen) atoms. The monoisotopic (exact) mass is 352 g/mol. The molecule has 6 nitrogen and oxygen atoms in total. The number of aromatic nitrogens is 1. The van der Waals surface area contributed by atoms with Gasteiger partial charge in [-0.1, -0.05) is 11.6 Å². The molecule has 0 atom stereocenters. The van der Waals surface area contributed by atoms with Crippen LogP contribution in [0.15, 0.2) is 29.4 Å². The summed E-state index contributed by atoms with van der Waals surface area (Å²) < 4.78 is 10.1. The van der Waals surface area contributed by atoms with Gasteiger partial charge in [0.1, 0.15) is 10.9 Å². The molecule has 0 fully saturated rings. The van der Waals surface area contributed by atoms with Gasteiger partial charge in [-0.05, 0) is 30.4 Å². The molecule has 0 bridgehead atoms. The zero-order chi connectivity index (χ0) is 16.7. The number of ether oxygens (including phenoxy) is 2. The van der Waals surface area contributed by atoms with Crippen LogP contribution in [0.5, 0.6) is 5.75 Å². The first-order valence-corrected chi connectivity index (χ1v) is 7.63. The third kappa shape index (κ3) is 5.02. The van der Waals surface area contributed by atoms with Crippen LogP contribution < -0.4 is 15.5 Å². The number of methoxy groups -OCH3 is 2. The lowest BCUT2D eigenvalue weighted by atomic mass is 10.1. The van der Waals surface area contributed by atoms with Gasteiger partial charge in [-0.25, -0.2) is 4.98 Å². The number of fused-ring (bicyclic) bond motifs is 1. The number of pyridine rings is 1. The second kappa shape index (κ2) is 8.61. The van der Waals surface area contributed by atoms with Crippen molar-refractivity contribution >= 4 is 46.0 Å². The van der Waals surface area contributed by atoms with Crippen molar-refractivity contribution in [1.82, 2.24) is 15.7 Å². The summed E-state index contributed by atoms with van der Waals surface area (Å²) >= 11 is 11.2. The van der Waals surface area contributed by atoms with Crippen LogP contribution >= 0.6 is 23.8 Å². The van der Waals surface area contributed by atoms with Gasteiger partial charge in [0.2, 0.25) is 0 Å². The lowest BCUT2D eigenvalue weighted by Gasteiger charge is -2.06. The summed E-state index contributed by atoms with van der Waals surface area (Å²) in [5.41, 5.74) is 4.16. The first-order valence-electron chi connectivity index (χ1n) is 6.84. The molecule has 0 saturated heterocycles. The van der Waals surface area contributed by atoms with E-state index in [1.807, 2.05) is 24.3 Å². The van der Waals surface area contributed by atoms with Crippen LogP contribution in [0.2, 0.25) is 5.15 Å². The Morgan fingerprint density at radius 2 is 2.22 bits per heavy atom. The molecule has 0 spiro atoms. The van der Waals surface area contributed by atoms with Gasteiger partial charge in [0.05, 0.1) is 25.4 Å². The van der Waals surface area contributed by atoms with Crippen LogP contribution in [0.4, 0.5) is 0 Å². The van der Waals surface area contributed by atoms with Crippen molar-refractivity contribution in [2.45, 2.75) is 0 Å². The summed E-state index contributed by atoms with van der Waals surface area (Å²) in [6, 6.07) is 7.51. The Hall–Kier alpha value is -1.96. The Bertz CT molecular complexity index is 724. The largest absolute Gasteiger partial charge is 0.497 e. The third-order valence-corrected chi connectivity index (χ3v) is 3.51. The molecule has 2 rings (SSSR count). The van der Waals surface area contributed by atoms with E-state index in [1.54, 1.807) is 20.4 Å². The standard InChI is InChI=1S/C15H17ClN4O2S/c1-21-6-5-17-15(23)20-18-9-11-7-10-3-4-12(22-2)8-13(10)19-14(11)16/h3-4,7-9H,5-6H2,1-2H3,(H2,17,20,23)/b18-9-. The molecule has 2 N–H and O–H groups in total. The van der Waals surface area contributed by atoms with Gasteiger partial charge in [-0.2, -0.15) is 5.10 Å². The van der Waals surface area contributed by atoms with Crippen LogP contribution in [0.3, 0.4) is 0 Å². The van der Waals surface area contributed by atoms with E-state index in [0.717, 1.165) is 16.7 Å². The molecule has 1 heterocycles. The lowest BCUT2D eigenvalue weighted by molar-refractivity contribution is 0.204. The highest BCUT2D eigenvalue weighted by Gasteiger charge is 2.04. The molecule has 2 aromatic rings. The lowest BCUT2D eigenvalue weighted by Crippen LogP contribution is -2.34. The minimum Gasteiger partial charge on any atom is -0.497 e. The molecule has 0 aliphatic rings. The van der Waals surface area contributed by atoms with Crippen molar-refractivity contribution in [3.8, 4) is 5.75 Å². The van der Waals surface area contributed by atoms with Gasteiger partial charge in [-0.15, -0.1) is 0 Å². The summed E-state index contributed by atoms with van der Waals surface area (Å²) in [5, 5.41) is 8.71. The summed E-state index contributed by atoms with van der Waals surface area (Å²) in [5.74, 6) is 0.733. The van der Waals surface area contributed by atoms with E-state index in [0.29, 0.717) is 29.0 Å². The molecular weight excluding hydrogens is 336 g/mol. The number of hydrogen-bond donors (Lipinski definition) is 2. The van der Waals surface area contributed by atoms with Crippen molar-refractivity contribution in [1.29, 1.82) is 0 Å². The van der Waals surface area contributed by atoms with E-state index in [2.05, 4.69) is 20.8 Å². The maximum atomic E-state index is 6.18. The Morgan fingerprint density at radius 1 is 1.39 bits per heavy atom. The minimum atomic E-state index is 0.356. The highest BCUT2D eigenvalue weighted by molar-refractivity contribution is 7.80. The van der Waals surface area contributed by atoms with E-state index in [4.69, 9.17) is 33.3 Å². The smallest absolute Gasteiger partial charge is 0.187 e. The number of nitrogens with zero attached hydrogens (tertiary/aromatic N) is 2. The highest BCUT2D eigenvalue weighted by atomic mass is 35.5. The van der Waals surface area contributed by atoms with Crippen molar-refractivity contribution in [3.63, 3.8) is 0 Å². The summed E-state index contributed by atoms with van der Waals surface area (Å²) in [6.45, 7) is 1.17. The average Bonchev–Trinajstić information content (AvgIpc) is 2.55. The first kappa shape index (κ1) is 17.4. The fourth-order valence-electron chi connectivity index (χ4n) is 1.82. The molecule has 0 aliphatic heterocycles. The van der Waals surface area contributed by atoms with Gasteiger partial charge in [0.25, 0.3) is 0 Å².